The summed E-state index contributed by atoms with van der Waals surface area (Å²) < 4.78 is 10.9. The summed E-state index contributed by atoms with van der Waals surface area (Å²) in [6, 6.07) is 5.21. The number of pyridine rings is 1. The Bertz CT molecular complexity index is 1050. The third-order valence-electron chi connectivity index (χ3n) is 4.57. The fourth-order valence-electron chi connectivity index (χ4n) is 3.24. The Labute approximate surface area is 166 Å². The highest BCUT2D eigenvalue weighted by Gasteiger charge is 2.34. The molecule has 1 N–H and O–H groups in total. The number of ether oxygens (including phenoxy) is 1. The van der Waals surface area contributed by atoms with Crippen molar-refractivity contribution in [2.24, 2.45) is 5.92 Å². The number of halogens is 1. The Hall–Kier alpha value is -3.12. The van der Waals surface area contributed by atoms with Gasteiger partial charge in [-0.2, -0.15) is 0 Å². The second kappa shape index (κ2) is 7.48. The normalized spacial score (nSPS) is 19.7. The summed E-state index contributed by atoms with van der Waals surface area (Å²) in [5.41, 5.74) is 2.45. The highest BCUT2D eigenvalue weighted by atomic mass is 35.5. The molecule has 2 aliphatic rings. The van der Waals surface area contributed by atoms with E-state index in [-0.39, 0.29) is 11.8 Å². The average Bonchev–Trinajstić information content (AvgIpc) is 3.28. The number of hydrogen-bond acceptors (Lipinski definition) is 5. The van der Waals surface area contributed by atoms with E-state index in [4.69, 9.17) is 20.8 Å². The van der Waals surface area contributed by atoms with Crippen LogP contribution in [-0.2, 0) is 9.53 Å². The van der Waals surface area contributed by atoms with Crippen LogP contribution in [0.15, 0.2) is 63.5 Å². The molecule has 0 bridgehead atoms. The number of nitrogens with zero attached hydrogens (tertiary/aromatic N) is 1. The molecule has 1 saturated heterocycles. The smallest absolute Gasteiger partial charge is 0.339 e. The summed E-state index contributed by atoms with van der Waals surface area (Å²) in [7, 11) is 0. The van der Waals surface area contributed by atoms with Crippen LogP contribution < -0.4 is 5.32 Å². The lowest BCUT2D eigenvalue weighted by atomic mass is 9.92. The second-order valence-electron chi connectivity index (χ2n) is 6.43. The van der Waals surface area contributed by atoms with E-state index in [1.807, 2.05) is 6.08 Å². The van der Waals surface area contributed by atoms with E-state index in [9.17, 15) is 9.59 Å². The van der Waals surface area contributed by atoms with Crippen molar-refractivity contribution in [1.29, 1.82) is 0 Å². The van der Waals surface area contributed by atoms with Gasteiger partial charge in [0.1, 0.15) is 11.5 Å². The summed E-state index contributed by atoms with van der Waals surface area (Å²) in [6.07, 6.45) is 8.98. The number of nitrogens with one attached hydrogen (secondary N) is 1. The summed E-state index contributed by atoms with van der Waals surface area (Å²) in [5, 5.41) is 3.57. The number of amides is 1. The van der Waals surface area contributed by atoms with Crippen molar-refractivity contribution in [2.45, 2.75) is 13.3 Å². The lowest BCUT2D eigenvalue weighted by Gasteiger charge is -2.14. The van der Waals surface area contributed by atoms with Crippen LogP contribution in [0.25, 0.3) is 17.4 Å². The van der Waals surface area contributed by atoms with Crippen LogP contribution in [0.3, 0.4) is 0 Å². The SMILES string of the molecule is CCOC(=O)c1cncc(-c2ccc(/C=C3/C(=O)NC4=CC=C(Cl)CC43)o2)c1. The zero-order chi connectivity index (χ0) is 19.7. The van der Waals surface area contributed by atoms with Crippen LogP contribution >= 0.6 is 11.6 Å². The van der Waals surface area contributed by atoms with Crippen molar-refractivity contribution in [2.75, 3.05) is 6.61 Å². The molecule has 28 heavy (non-hydrogen) atoms. The van der Waals surface area contributed by atoms with Crippen LogP contribution in [0.2, 0.25) is 0 Å². The standard InChI is InChI=1S/C21H17ClN2O4/c1-2-27-21(26)13-7-12(10-23-11-13)19-6-4-15(28-19)9-17-16-8-14(22)3-5-18(16)24-20(17)25/h3-7,9-11,16H,2,8H2,1H3,(H,24,25)/b17-9+. The van der Waals surface area contributed by atoms with E-state index >= 15 is 0 Å². The van der Waals surface area contributed by atoms with Crippen molar-refractivity contribution >= 4 is 29.6 Å². The Morgan fingerprint density at radius 2 is 2.25 bits per heavy atom. The van der Waals surface area contributed by atoms with Crippen molar-refractivity contribution in [3.63, 3.8) is 0 Å². The lowest BCUT2D eigenvalue weighted by Crippen LogP contribution is -2.13. The van der Waals surface area contributed by atoms with Gasteiger partial charge in [0.2, 0.25) is 0 Å². The highest BCUT2D eigenvalue weighted by molar-refractivity contribution is 6.30. The minimum atomic E-state index is -0.435. The molecule has 7 heteroatoms. The van der Waals surface area contributed by atoms with Gasteiger partial charge in [-0.25, -0.2) is 4.79 Å². The fourth-order valence-corrected chi connectivity index (χ4v) is 3.46. The molecule has 2 aromatic heterocycles. The molecule has 4 rings (SSSR count). The molecule has 1 aliphatic carbocycles. The molecule has 3 heterocycles. The molecule has 1 amide bonds. The first-order chi connectivity index (χ1) is 13.5. The number of fused-ring (bicyclic) bond motifs is 1. The van der Waals surface area contributed by atoms with E-state index in [0.717, 1.165) is 5.70 Å². The van der Waals surface area contributed by atoms with Gasteiger partial charge in [-0.05, 0) is 49.8 Å². The van der Waals surface area contributed by atoms with Crippen LogP contribution in [0.1, 0.15) is 29.5 Å². The maximum atomic E-state index is 12.3. The van der Waals surface area contributed by atoms with Gasteiger partial charge in [0.15, 0.2) is 0 Å². The maximum Gasteiger partial charge on any atom is 0.339 e. The second-order valence-corrected chi connectivity index (χ2v) is 6.92. The maximum absolute atomic E-state index is 12.3. The molecule has 0 spiro atoms. The number of carbonyl (C=O) groups is 2. The summed E-state index contributed by atoms with van der Waals surface area (Å²) in [4.78, 5) is 28.3. The lowest BCUT2D eigenvalue weighted by molar-refractivity contribution is -0.115. The number of furan rings is 1. The van der Waals surface area contributed by atoms with Crippen LogP contribution in [0, 0.1) is 5.92 Å². The number of esters is 1. The zero-order valence-electron chi connectivity index (χ0n) is 15.1. The molecule has 142 valence electrons. The average molecular weight is 397 g/mol. The number of aromatic nitrogens is 1. The van der Waals surface area contributed by atoms with Gasteiger partial charge in [-0.15, -0.1) is 0 Å². The highest BCUT2D eigenvalue weighted by Crippen LogP contribution is 2.37. The number of allylic oxidation sites excluding steroid dienone is 4. The van der Waals surface area contributed by atoms with Crippen molar-refractivity contribution in [3.8, 4) is 11.3 Å². The number of carbonyl (C=O) groups excluding carboxylic acids is 2. The van der Waals surface area contributed by atoms with Gasteiger partial charge in [0, 0.05) is 40.2 Å². The third kappa shape index (κ3) is 3.51. The molecule has 0 aromatic carbocycles. The molecule has 1 atom stereocenters. The van der Waals surface area contributed by atoms with Crippen molar-refractivity contribution in [1.82, 2.24) is 10.3 Å². The first kappa shape index (κ1) is 18.3. The Kier molecular flexibility index (Phi) is 4.88. The van der Waals surface area contributed by atoms with Crippen molar-refractivity contribution < 1.29 is 18.7 Å². The molecule has 2 aromatic rings. The first-order valence-corrected chi connectivity index (χ1v) is 9.24. The Morgan fingerprint density at radius 1 is 1.39 bits per heavy atom. The number of rotatable bonds is 4. The van der Waals surface area contributed by atoms with Gasteiger partial charge in [0.05, 0.1) is 12.2 Å². The van der Waals surface area contributed by atoms with E-state index in [1.165, 1.54) is 6.20 Å². The van der Waals surface area contributed by atoms with Crippen LogP contribution in [0.4, 0.5) is 0 Å². The van der Waals surface area contributed by atoms with E-state index < -0.39 is 5.97 Å². The molecule has 1 fully saturated rings. The summed E-state index contributed by atoms with van der Waals surface area (Å²) in [6.45, 7) is 2.04. The fraction of sp³-hybridized carbons (Fsp3) is 0.190. The predicted molar refractivity (Wildman–Crippen MR) is 104 cm³/mol. The first-order valence-electron chi connectivity index (χ1n) is 8.86. The minimum absolute atomic E-state index is 0.0904. The summed E-state index contributed by atoms with van der Waals surface area (Å²) in [5.74, 6) is 0.400. The van der Waals surface area contributed by atoms with Crippen LogP contribution in [0.5, 0.6) is 0 Å². The molecule has 1 aliphatic heterocycles. The zero-order valence-corrected chi connectivity index (χ0v) is 15.8. The van der Waals surface area contributed by atoms with Crippen LogP contribution in [-0.4, -0.2) is 23.5 Å². The van der Waals surface area contributed by atoms with Gasteiger partial charge in [-0.1, -0.05) is 11.6 Å². The number of hydrogen-bond donors (Lipinski definition) is 1. The van der Waals surface area contributed by atoms with E-state index in [0.29, 0.717) is 46.3 Å². The molecule has 6 nitrogen and oxygen atoms in total. The largest absolute Gasteiger partial charge is 0.462 e. The van der Waals surface area contributed by atoms with Crippen molar-refractivity contribution in [3.05, 3.63) is 70.4 Å². The van der Waals surface area contributed by atoms with Gasteiger partial charge in [-0.3, -0.25) is 9.78 Å². The predicted octanol–water partition coefficient (Wildman–Crippen LogP) is 4.06. The van der Waals surface area contributed by atoms with Gasteiger partial charge >= 0.3 is 5.97 Å². The van der Waals surface area contributed by atoms with Gasteiger partial charge in [0.25, 0.3) is 5.91 Å². The molecular weight excluding hydrogens is 380 g/mol. The Balaban J connectivity index is 1.60. The molecule has 0 radical (unpaired) electrons. The topological polar surface area (TPSA) is 81.4 Å². The van der Waals surface area contributed by atoms with E-state index in [2.05, 4.69) is 10.3 Å². The summed E-state index contributed by atoms with van der Waals surface area (Å²) >= 11 is 6.13. The quantitative estimate of drug-likeness (QED) is 0.622. The van der Waals surface area contributed by atoms with Gasteiger partial charge < -0.3 is 14.5 Å². The van der Waals surface area contributed by atoms with E-state index in [1.54, 1.807) is 43.5 Å². The minimum Gasteiger partial charge on any atom is -0.462 e. The monoisotopic (exact) mass is 396 g/mol. The molecular formula is C21H17ClN2O4. The molecule has 0 saturated carbocycles. The third-order valence-corrected chi connectivity index (χ3v) is 4.85. The molecule has 1 unspecified atom stereocenters. The Morgan fingerprint density at radius 3 is 3.07 bits per heavy atom.